The maximum absolute atomic E-state index is 13.2. The molecule has 2 unspecified atom stereocenters. The van der Waals surface area contributed by atoms with Crippen LogP contribution in [0.4, 0.5) is 13.2 Å². The summed E-state index contributed by atoms with van der Waals surface area (Å²) in [5, 5.41) is 13.8. The van der Waals surface area contributed by atoms with E-state index >= 15 is 0 Å². The van der Waals surface area contributed by atoms with Crippen LogP contribution in [0.25, 0.3) is 0 Å². The molecule has 230 valence electrons. The fraction of sp³-hybridized carbons (Fsp3) is 0.517. The Morgan fingerprint density at radius 1 is 1.36 bits per heavy atom. The number of allylic oxidation sites excluding steroid dienone is 2. The van der Waals surface area contributed by atoms with Crippen LogP contribution in [0.1, 0.15) is 33.1 Å². The van der Waals surface area contributed by atoms with Crippen molar-refractivity contribution in [3.63, 3.8) is 0 Å². The quantitative estimate of drug-likeness (QED) is 0.124. The van der Waals surface area contributed by atoms with Crippen LogP contribution in [0.3, 0.4) is 0 Å². The van der Waals surface area contributed by atoms with E-state index in [0.29, 0.717) is 29.6 Å². The van der Waals surface area contributed by atoms with Crippen LogP contribution in [0, 0.1) is 5.41 Å². The molecule has 3 N–H and O–H groups in total. The van der Waals surface area contributed by atoms with Gasteiger partial charge in [-0.2, -0.15) is 13.2 Å². The molecule has 0 saturated carbocycles. The first-order valence-corrected chi connectivity index (χ1v) is 13.6. The average molecular weight is 592 g/mol. The van der Waals surface area contributed by atoms with E-state index in [1.165, 1.54) is 24.2 Å². The fourth-order valence-corrected chi connectivity index (χ4v) is 4.04. The number of carbonyl (C=O) groups is 2. The van der Waals surface area contributed by atoms with Crippen LogP contribution >= 0.6 is 0 Å². The van der Waals surface area contributed by atoms with Gasteiger partial charge < -0.3 is 20.3 Å². The van der Waals surface area contributed by atoms with E-state index in [1.807, 2.05) is 25.9 Å². The molecular weight excluding hydrogens is 551 g/mol. The zero-order chi connectivity index (χ0) is 31.4. The highest BCUT2D eigenvalue weighted by molar-refractivity contribution is 6.40. The second-order valence-electron chi connectivity index (χ2n) is 10.1. The van der Waals surface area contributed by atoms with E-state index in [2.05, 4.69) is 32.9 Å². The number of amides is 2. The maximum atomic E-state index is 13.2. The number of rotatable bonds is 14. The fourth-order valence-electron chi connectivity index (χ4n) is 4.04. The summed E-state index contributed by atoms with van der Waals surface area (Å²) in [5.74, 6) is -1.17. The number of hydrogen-bond donors (Lipinski definition) is 3. The molecule has 13 heteroatoms. The Morgan fingerprint density at radius 2 is 2.07 bits per heavy atom. The number of nitrogens with zero attached hydrogens (tertiary/aromatic N) is 4. The standard InChI is InChI=1S/C29H40F3N7O3/c1-7-13-39(28(41)20(3)11-9-14-38(5)6)25(33)23(16-34-4)36-26(40)24-17-42-27(37-24)21-12-8-10-19(2)22(15-21)35-18-29(30,31)32/h8,12,15-16,23,27,33,35H,3,7,9,11,13-14,17-18H2,1-2,4-6H3,(H,36,40). The third kappa shape index (κ3) is 10.6. The summed E-state index contributed by atoms with van der Waals surface area (Å²) in [6.45, 7) is 7.08. The second kappa shape index (κ2) is 16.0. The van der Waals surface area contributed by atoms with Gasteiger partial charge in [0, 0.05) is 42.2 Å². The van der Waals surface area contributed by atoms with Crippen molar-refractivity contribution in [1.82, 2.24) is 20.4 Å². The predicted molar refractivity (Wildman–Crippen MR) is 158 cm³/mol. The van der Waals surface area contributed by atoms with Gasteiger partial charge in [-0.15, -0.1) is 5.73 Å². The Balaban J connectivity index is 2.17. The molecule has 42 heavy (non-hydrogen) atoms. The van der Waals surface area contributed by atoms with E-state index in [-0.39, 0.29) is 36.3 Å². The molecule has 10 nitrogen and oxygen atoms in total. The van der Waals surface area contributed by atoms with E-state index in [9.17, 15) is 22.8 Å². The van der Waals surface area contributed by atoms with Crippen molar-refractivity contribution in [2.24, 2.45) is 9.98 Å². The van der Waals surface area contributed by atoms with Crippen molar-refractivity contribution in [1.29, 1.82) is 5.41 Å². The molecule has 2 amide bonds. The lowest BCUT2D eigenvalue weighted by Crippen LogP contribution is -2.53. The summed E-state index contributed by atoms with van der Waals surface area (Å²) >= 11 is 0. The van der Waals surface area contributed by atoms with Gasteiger partial charge in [-0.05, 0) is 65.1 Å². The Hall–Kier alpha value is -3.80. The number of halogens is 3. The first-order chi connectivity index (χ1) is 19.8. The lowest BCUT2D eigenvalue weighted by molar-refractivity contribution is -0.124. The Labute approximate surface area is 245 Å². The molecule has 0 aromatic rings. The van der Waals surface area contributed by atoms with Gasteiger partial charge in [0.05, 0.1) is 6.61 Å². The van der Waals surface area contributed by atoms with Crippen molar-refractivity contribution >= 4 is 29.6 Å². The number of hydrogen-bond acceptors (Lipinski definition) is 8. The third-order valence-electron chi connectivity index (χ3n) is 6.22. The molecule has 1 heterocycles. The van der Waals surface area contributed by atoms with Crippen LogP contribution in [-0.2, 0) is 14.3 Å². The Morgan fingerprint density at radius 3 is 2.69 bits per heavy atom. The molecule has 2 atom stereocenters. The zero-order valence-corrected chi connectivity index (χ0v) is 24.8. The van der Waals surface area contributed by atoms with Gasteiger partial charge >= 0.3 is 6.18 Å². The van der Waals surface area contributed by atoms with E-state index in [0.717, 1.165) is 13.0 Å². The minimum atomic E-state index is -4.41. The number of amidine groups is 1. The molecule has 0 spiro atoms. The summed E-state index contributed by atoms with van der Waals surface area (Å²) in [6, 6.07) is -1.03. The molecule has 0 fully saturated rings. The monoisotopic (exact) mass is 591 g/mol. The zero-order valence-electron chi connectivity index (χ0n) is 24.8. The molecule has 2 aliphatic rings. The number of nitrogens with one attached hydrogen (secondary N) is 3. The van der Waals surface area contributed by atoms with Gasteiger partial charge in [0.1, 0.15) is 24.1 Å². The minimum absolute atomic E-state index is 0.0285. The lowest BCUT2D eigenvalue weighted by atomic mass is 10.1. The van der Waals surface area contributed by atoms with Gasteiger partial charge in [0.2, 0.25) is 0 Å². The van der Waals surface area contributed by atoms with Gasteiger partial charge in [0.15, 0.2) is 6.23 Å². The Kier molecular flexibility index (Phi) is 13.1. The number of aliphatic imine (C=N–C) groups is 2. The molecule has 1 aliphatic carbocycles. The van der Waals surface area contributed by atoms with Gasteiger partial charge in [-0.25, -0.2) is 4.99 Å². The minimum Gasteiger partial charge on any atom is -0.376 e. The molecule has 2 rings (SSSR count). The van der Waals surface area contributed by atoms with E-state index in [1.54, 1.807) is 19.1 Å². The molecule has 0 bridgehead atoms. The number of alkyl halides is 3. The first kappa shape index (κ1) is 34.4. The highest BCUT2D eigenvalue weighted by atomic mass is 19.4. The number of ether oxygens (including phenoxy) is 1. The summed E-state index contributed by atoms with van der Waals surface area (Å²) in [7, 11) is 5.37. The molecule has 1 aliphatic heterocycles. The SMILES string of the molecule is C=C(CCCN(C)C)C(=O)N(CCC)C(=N)C(C=NC)NC(=O)C1=NC(C2=CC=C=C(C)C(NCC(F)(F)F)=C2)OC1. The van der Waals surface area contributed by atoms with E-state index in [4.69, 9.17) is 10.1 Å². The molecule has 0 aromatic carbocycles. The summed E-state index contributed by atoms with van der Waals surface area (Å²) in [6.07, 6.45) is 2.43. The normalized spacial score (nSPS) is 17.7. The Bertz CT molecular complexity index is 1230. The van der Waals surface area contributed by atoms with Gasteiger partial charge in [0.25, 0.3) is 11.8 Å². The van der Waals surface area contributed by atoms with Crippen LogP contribution in [-0.4, -0.2) is 105 Å². The molecular formula is C29H40F3N7O3. The van der Waals surface area contributed by atoms with E-state index < -0.39 is 30.9 Å². The van der Waals surface area contributed by atoms with Crippen molar-refractivity contribution in [2.75, 3.05) is 47.4 Å². The smallest absolute Gasteiger partial charge is 0.376 e. The third-order valence-corrected chi connectivity index (χ3v) is 6.22. The largest absolute Gasteiger partial charge is 0.405 e. The highest BCUT2D eigenvalue weighted by Gasteiger charge is 2.31. The van der Waals surface area contributed by atoms with Crippen LogP contribution in [0.2, 0.25) is 0 Å². The van der Waals surface area contributed by atoms with Crippen molar-refractivity contribution in [3.8, 4) is 0 Å². The van der Waals surface area contributed by atoms with Crippen LogP contribution < -0.4 is 10.6 Å². The summed E-state index contributed by atoms with van der Waals surface area (Å²) < 4.78 is 44.0. The summed E-state index contributed by atoms with van der Waals surface area (Å²) in [4.78, 5) is 37.9. The van der Waals surface area contributed by atoms with Crippen molar-refractivity contribution < 1.29 is 27.5 Å². The first-order valence-electron chi connectivity index (χ1n) is 13.6. The van der Waals surface area contributed by atoms with Crippen molar-refractivity contribution in [2.45, 2.75) is 51.6 Å². The topological polar surface area (TPSA) is 122 Å². The number of carbonyl (C=O) groups excluding carboxylic acids is 2. The highest BCUT2D eigenvalue weighted by Crippen LogP contribution is 2.22. The predicted octanol–water partition coefficient (Wildman–Crippen LogP) is 3.16. The molecule has 0 radical (unpaired) electrons. The lowest BCUT2D eigenvalue weighted by Gasteiger charge is -2.28. The average Bonchev–Trinajstić information content (AvgIpc) is 3.34. The van der Waals surface area contributed by atoms with Crippen LogP contribution in [0.15, 0.2) is 62.9 Å². The van der Waals surface area contributed by atoms with Crippen molar-refractivity contribution in [3.05, 3.63) is 53.0 Å². The molecule has 0 saturated heterocycles. The molecule has 0 aromatic heterocycles. The second-order valence-corrected chi connectivity index (χ2v) is 10.1. The van der Waals surface area contributed by atoms with Crippen LogP contribution in [0.5, 0.6) is 0 Å². The van der Waals surface area contributed by atoms with Gasteiger partial charge in [-0.1, -0.05) is 13.5 Å². The summed E-state index contributed by atoms with van der Waals surface area (Å²) in [5.41, 5.74) is 4.39. The van der Waals surface area contributed by atoms with Gasteiger partial charge in [-0.3, -0.25) is 24.9 Å². The maximum Gasteiger partial charge on any atom is 0.405 e.